The van der Waals surface area contributed by atoms with Gasteiger partial charge in [0.2, 0.25) is 0 Å². The molecule has 0 unspecified atom stereocenters. The summed E-state index contributed by atoms with van der Waals surface area (Å²) in [5.74, 6) is -1.05. The Morgan fingerprint density at radius 2 is 1.76 bits per heavy atom. The van der Waals surface area contributed by atoms with Crippen LogP contribution in [0.5, 0.6) is 0 Å². The Morgan fingerprint density at radius 1 is 1.06 bits per heavy atom. The van der Waals surface area contributed by atoms with E-state index in [2.05, 4.69) is 24.3 Å². The van der Waals surface area contributed by atoms with Crippen LogP contribution in [-0.2, 0) is 4.79 Å². The van der Waals surface area contributed by atoms with Crippen molar-refractivity contribution in [3.8, 4) is 12.3 Å². The number of hydrogen-bond acceptors (Lipinski definition) is 2. The maximum atomic E-state index is 15.1. The highest BCUT2D eigenvalue weighted by Crippen LogP contribution is 2.69. The van der Waals surface area contributed by atoms with Crippen LogP contribution in [0.1, 0.15) is 87.7 Å². The molecular formula is C30H32F2O2. The summed E-state index contributed by atoms with van der Waals surface area (Å²) in [6.45, 7) is 1.86. The third kappa shape index (κ3) is 2.99. The molecule has 3 saturated carbocycles. The number of aliphatic hydroxyl groups is 1. The third-order valence-electron chi connectivity index (χ3n) is 9.97. The molecule has 0 aliphatic heterocycles. The Kier molecular flexibility index (Phi) is 4.82. The van der Waals surface area contributed by atoms with Crippen LogP contribution < -0.4 is 0 Å². The molecular weight excluding hydrogens is 430 g/mol. The lowest BCUT2D eigenvalue weighted by Gasteiger charge is -2.55. The van der Waals surface area contributed by atoms with Crippen molar-refractivity contribution in [2.45, 2.75) is 88.1 Å². The molecule has 5 aliphatic carbocycles. The summed E-state index contributed by atoms with van der Waals surface area (Å²) in [5.41, 5.74) is 3.07. The van der Waals surface area contributed by atoms with Gasteiger partial charge in [-0.15, -0.1) is 6.42 Å². The molecule has 2 nitrogen and oxygen atoms in total. The lowest BCUT2D eigenvalue weighted by Crippen LogP contribution is -2.60. The van der Waals surface area contributed by atoms with E-state index in [-0.39, 0.29) is 30.0 Å². The van der Waals surface area contributed by atoms with E-state index in [4.69, 9.17) is 6.42 Å². The fraction of sp³-hybridized carbons (Fsp3) is 0.567. The van der Waals surface area contributed by atoms with Crippen LogP contribution in [0.4, 0.5) is 8.78 Å². The predicted octanol–water partition coefficient (Wildman–Crippen LogP) is 6.46. The highest BCUT2D eigenvalue weighted by atomic mass is 19.3. The summed E-state index contributed by atoms with van der Waals surface area (Å²) in [6, 6.07) is 8.74. The largest absolute Gasteiger partial charge is 0.382 e. The minimum Gasteiger partial charge on any atom is -0.382 e. The van der Waals surface area contributed by atoms with Gasteiger partial charge in [-0.2, -0.15) is 8.78 Å². The number of carbonyl (C=O) groups excluding carboxylic acids is 1. The summed E-state index contributed by atoms with van der Waals surface area (Å²) in [6.07, 6.45) is 13.5. The topological polar surface area (TPSA) is 37.3 Å². The molecule has 5 aliphatic rings. The normalized spacial score (nSPS) is 37.4. The molecule has 0 amide bonds. The van der Waals surface area contributed by atoms with E-state index in [0.29, 0.717) is 25.2 Å². The number of rotatable bonds is 3. The van der Waals surface area contributed by atoms with E-state index in [1.807, 2.05) is 13.0 Å². The first kappa shape index (κ1) is 22.2. The number of benzene rings is 1. The van der Waals surface area contributed by atoms with Crippen molar-refractivity contribution in [2.75, 3.05) is 0 Å². The molecule has 5 atom stereocenters. The van der Waals surface area contributed by atoms with Gasteiger partial charge >= 0.3 is 5.92 Å². The number of ketones is 1. The molecule has 3 fully saturated rings. The summed E-state index contributed by atoms with van der Waals surface area (Å²) in [4.78, 5) is 12.2. The zero-order chi connectivity index (χ0) is 23.9. The van der Waals surface area contributed by atoms with Gasteiger partial charge < -0.3 is 5.11 Å². The highest BCUT2D eigenvalue weighted by Gasteiger charge is 2.71. The van der Waals surface area contributed by atoms with E-state index in [0.717, 1.165) is 30.4 Å². The number of terminal acetylenes is 1. The molecule has 1 N–H and O–H groups in total. The highest BCUT2D eigenvalue weighted by molar-refractivity contribution is 5.93. The smallest absolute Gasteiger partial charge is 0.336 e. The van der Waals surface area contributed by atoms with E-state index in [1.165, 1.54) is 29.6 Å². The van der Waals surface area contributed by atoms with Gasteiger partial charge in [-0.05, 0) is 103 Å². The van der Waals surface area contributed by atoms with Gasteiger partial charge in [0.1, 0.15) is 5.60 Å². The van der Waals surface area contributed by atoms with E-state index >= 15 is 8.78 Å². The molecule has 0 spiro atoms. The monoisotopic (exact) mass is 462 g/mol. The Labute approximate surface area is 200 Å². The van der Waals surface area contributed by atoms with Crippen LogP contribution in [-0.4, -0.2) is 22.4 Å². The minimum atomic E-state index is -3.57. The fourth-order valence-corrected chi connectivity index (χ4v) is 8.02. The average Bonchev–Trinajstić information content (AvgIpc) is 3.64. The van der Waals surface area contributed by atoms with Crippen molar-refractivity contribution in [2.24, 2.45) is 17.3 Å². The van der Waals surface area contributed by atoms with Crippen molar-refractivity contribution < 1.29 is 18.7 Å². The number of alkyl halides is 2. The summed E-state index contributed by atoms with van der Waals surface area (Å²) in [5, 5.41) is 11.6. The fourth-order valence-electron chi connectivity index (χ4n) is 8.02. The number of hydrogen-bond donors (Lipinski definition) is 1. The molecule has 0 saturated heterocycles. The Morgan fingerprint density at radius 3 is 2.44 bits per heavy atom. The van der Waals surface area contributed by atoms with E-state index < -0.39 is 16.9 Å². The third-order valence-corrected chi connectivity index (χ3v) is 9.97. The van der Waals surface area contributed by atoms with Crippen LogP contribution in [0.15, 0.2) is 47.1 Å². The predicted molar refractivity (Wildman–Crippen MR) is 127 cm³/mol. The Hall–Kier alpha value is -2.25. The molecule has 34 heavy (non-hydrogen) atoms. The first-order valence-corrected chi connectivity index (χ1v) is 12.8. The molecule has 1 aromatic carbocycles. The number of halogens is 2. The van der Waals surface area contributed by atoms with Crippen LogP contribution in [0, 0.1) is 29.6 Å². The second-order valence-electron chi connectivity index (χ2n) is 11.6. The van der Waals surface area contributed by atoms with Gasteiger partial charge in [-0.3, -0.25) is 4.79 Å². The quantitative estimate of drug-likeness (QED) is 0.523. The summed E-state index contributed by atoms with van der Waals surface area (Å²) in [7, 11) is 0. The number of allylic oxidation sites excluding steroid dienone is 4. The van der Waals surface area contributed by atoms with Crippen LogP contribution >= 0.6 is 0 Å². The van der Waals surface area contributed by atoms with Gasteiger partial charge in [0.15, 0.2) is 5.78 Å². The molecule has 0 radical (unpaired) electrons. The Balaban J connectivity index is 1.50. The Bertz CT molecular complexity index is 1150. The zero-order valence-corrected chi connectivity index (χ0v) is 19.7. The number of fused-ring (bicyclic) bond motifs is 4. The standard InChI is InChI=1S/C30H32F2O2/c1-3-30(31,32)29(34)15-14-26-24-12-10-21-16-22(33)11-13-23(21)27(24)25(17-28(26,29)2)20-8-6-19(7-9-20)18-4-5-18/h1,6-9,16,18,24-26,34H,4-5,10-15,17H2,2H3/t24-,25+,26-,28-,29-/m0/s1. The van der Waals surface area contributed by atoms with Crippen LogP contribution in [0.25, 0.3) is 0 Å². The average molecular weight is 463 g/mol. The summed E-state index contributed by atoms with van der Waals surface area (Å²) >= 11 is 0. The van der Waals surface area contributed by atoms with Crippen LogP contribution in [0.3, 0.4) is 0 Å². The van der Waals surface area contributed by atoms with Crippen molar-refractivity contribution >= 4 is 5.78 Å². The van der Waals surface area contributed by atoms with Crippen LogP contribution in [0.2, 0.25) is 0 Å². The van der Waals surface area contributed by atoms with Gasteiger partial charge in [-0.25, -0.2) is 0 Å². The van der Waals surface area contributed by atoms with E-state index in [1.54, 1.807) is 5.92 Å². The zero-order valence-electron chi connectivity index (χ0n) is 19.7. The molecule has 6 rings (SSSR count). The van der Waals surface area contributed by atoms with Gasteiger partial charge in [-0.1, -0.05) is 36.8 Å². The molecule has 0 bridgehead atoms. The SMILES string of the molecule is C#CC(F)(F)[C@]1(O)CC[C@H]2[C@@H]3CCC4=CC(=O)CCC4=C3[C@@H](c3ccc(C4CC4)cc3)C[C@@]21C. The molecule has 4 heteroatoms. The van der Waals surface area contributed by atoms with Crippen molar-refractivity contribution in [3.63, 3.8) is 0 Å². The molecule has 178 valence electrons. The maximum absolute atomic E-state index is 15.1. The lowest BCUT2D eigenvalue weighted by atomic mass is 9.50. The van der Waals surface area contributed by atoms with Gasteiger partial charge in [0.05, 0.1) is 0 Å². The second kappa shape index (κ2) is 7.37. The number of carbonyl (C=O) groups is 1. The first-order chi connectivity index (χ1) is 16.2. The molecule has 0 aromatic heterocycles. The van der Waals surface area contributed by atoms with Gasteiger partial charge in [0.25, 0.3) is 0 Å². The van der Waals surface area contributed by atoms with Crippen molar-refractivity contribution in [3.05, 3.63) is 58.2 Å². The van der Waals surface area contributed by atoms with Gasteiger partial charge in [0, 0.05) is 17.8 Å². The molecule has 0 heterocycles. The maximum Gasteiger partial charge on any atom is 0.336 e. The van der Waals surface area contributed by atoms with Crippen molar-refractivity contribution in [1.82, 2.24) is 0 Å². The first-order valence-electron chi connectivity index (χ1n) is 12.8. The minimum absolute atomic E-state index is 0.0268. The van der Waals surface area contributed by atoms with Crippen molar-refractivity contribution in [1.29, 1.82) is 0 Å². The lowest BCUT2D eigenvalue weighted by molar-refractivity contribution is -0.209. The molecule has 1 aromatic rings. The van der Waals surface area contributed by atoms with E-state index in [9.17, 15) is 9.90 Å². The summed E-state index contributed by atoms with van der Waals surface area (Å²) < 4.78 is 30.3. The second-order valence-corrected chi connectivity index (χ2v) is 11.6.